The molecule has 0 aliphatic rings. The summed E-state index contributed by atoms with van der Waals surface area (Å²) in [6.45, 7) is 7.45. The number of hydrogen-bond acceptors (Lipinski definition) is 4. The van der Waals surface area contributed by atoms with Crippen LogP contribution >= 0.6 is 0 Å². The quantitative estimate of drug-likeness (QED) is 0.796. The average molecular weight is 374 g/mol. The molecule has 2 aromatic rings. The number of halogens is 3. The molecule has 1 unspecified atom stereocenters. The Morgan fingerprint density at radius 3 is 2.56 bits per heavy atom. The van der Waals surface area contributed by atoms with Crippen LogP contribution in [0, 0.1) is 18.3 Å². The lowest BCUT2D eigenvalue weighted by Crippen LogP contribution is -2.14. The van der Waals surface area contributed by atoms with Gasteiger partial charge in [-0.05, 0) is 48.9 Å². The maximum absolute atomic E-state index is 13.5. The minimum absolute atomic E-state index is 0.0526. The molecule has 1 heterocycles. The number of anilines is 1. The van der Waals surface area contributed by atoms with Crippen LogP contribution in [0.25, 0.3) is 5.57 Å². The van der Waals surface area contributed by atoms with E-state index in [4.69, 9.17) is 5.73 Å². The van der Waals surface area contributed by atoms with Crippen molar-refractivity contribution in [2.75, 3.05) is 5.73 Å². The van der Waals surface area contributed by atoms with E-state index in [2.05, 4.69) is 16.0 Å². The second kappa shape index (κ2) is 7.78. The molecule has 0 amide bonds. The molecule has 0 aliphatic carbocycles. The largest absolute Gasteiger partial charge is 0.419 e. The van der Waals surface area contributed by atoms with Gasteiger partial charge in [0.25, 0.3) is 0 Å². The lowest BCUT2D eigenvalue weighted by molar-refractivity contribution is -0.138. The Morgan fingerprint density at radius 2 is 2.04 bits per heavy atom. The molecule has 0 spiro atoms. The van der Waals surface area contributed by atoms with Gasteiger partial charge in [0.1, 0.15) is 5.56 Å². The predicted molar refractivity (Wildman–Crippen MR) is 98.8 cm³/mol. The van der Waals surface area contributed by atoms with Crippen LogP contribution in [0.5, 0.6) is 0 Å². The molecule has 1 atom stereocenters. The summed E-state index contributed by atoms with van der Waals surface area (Å²) in [7, 11) is 0. The number of nitrogen functional groups attached to an aromatic ring is 1. The number of allylic oxidation sites excluding steroid dienone is 1. The summed E-state index contributed by atoms with van der Waals surface area (Å²) in [5.74, 6) is -0.176. The second-order valence-electron chi connectivity index (χ2n) is 6.31. The first-order valence-corrected chi connectivity index (χ1v) is 8.56. The summed E-state index contributed by atoms with van der Waals surface area (Å²) in [5.41, 5.74) is 7.42. The van der Waals surface area contributed by atoms with Gasteiger partial charge in [0.2, 0.25) is 5.95 Å². The Morgan fingerprint density at radius 1 is 1.37 bits per heavy atom. The molecule has 27 heavy (non-hydrogen) atoms. The third kappa shape index (κ3) is 3.95. The lowest BCUT2D eigenvalue weighted by atomic mass is 9.83. The number of hydrogen-bond donors (Lipinski definition) is 1. The molecule has 0 radical (unpaired) electrons. The van der Waals surface area contributed by atoms with E-state index in [1.54, 1.807) is 25.1 Å². The van der Waals surface area contributed by atoms with Gasteiger partial charge in [-0.3, -0.25) is 0 Å². The molecule has 0 aliphatic heterocycles. The van der Waals surface area contributed by atoms with Crippen LogP contribution in [-0.4, -0.2) is 9.97 Å². The van der Waals surface area contributed by atoms with Gasteiger partial charge >= 0.3 is 6.18 Å². The molecule has 142 valence electrons. The monoisotopic (exact) mass is 374 g/mol. The average Bonchev–Trinajstić information content (AvgIpc) is 2.61. The SMILES string of the molecule is C/C=C(\c1ccc(C#N)c(C)c1C(C)CC)c1nc(N)ncc1C(F)(F)F. The smallest absolute Gasteiger partial charge is 0.368 e. The highest BCUT2D eigenvalue weighted by Crippen LogP contribution is 2.39. The normalized spacial score (nSPS) is 13.3. The van der Waals surface area contributed by atoms with E-state index in [1.807, 2.05) is 20.8 Å². The highest BCUT2D eigenvalue weighted by atomic mass is 19.4. The Kier molecular flexibility index (Phi) is 5.89. The van der Waals surface area contributed by atoms with Crippen LogP contribution in [0.2, 0.25) is 0 Å². The molecule has 0 saturated carbocycles. The van der Waals surface area contributed by atoms with Crippen LogP contribution in [0.15, 0.2) is 24.4 Å². The molecule has 4 nitrogen and oxygen atoms in total. The summed E-state index contributed by atoms with van der Waals surface area (Å²) < 4.78 is 40.6. The Hall–Kier alpha value is -2.88. The summed E-state index contributed by atoms with van der Waals surface area (Å²) in [5, 5.41) is 9.34. The topological polar surface area (TPSA) is 75.6 Å². The fourth-order valence-electron chi connectivity index (χ4n) is 3.15. The lowest BCUT2D eigenvalue weighted by Gasteiger charge is -2.22. The number of alkyl halides is 3. The molecule has 2 rings (SSSR count). The maximum Gasteiger partial charge on any atom is 0.419 e. The van der Waals surface area contributed by atoms with Gasteiger partial charge in [0.05, 0.1) is 17.3 Å². The van der Waals surface area contributed by atoms with Crippen LogP contribution in [0.3, 0.4) is 0 Å². The zero-order valence-electron chi connectivity index (χ0n) is 15.6. The van der Waals surface area contributed by atoms with Crippen molar-refractivity contribution in [1.29, 1.82) is 5.26 Å². The van der Waals surface area contributed by atoms with Gasteiger partial charge in [0.15, 0.2) is 0 Å². The van der Waals surface area contributed by atoms with Gasteiger partial charge in [-0.25, -0.2) is 9.97 Å². The highest BCUT2D eigenvalue weighted by molar-refractivity contribution is 5.82. The minimum atomic E-state index is -4.62. The van der Waals surface area contributed by atoms with Crippen molar-refractivity contribution >= 4 is 11.5 Å². The molecule has 0 bridgehead atoms. The van der Waals surface area contributed by atoms with Gasteiger partial charge in [-0.15, -0.1) is 0 Å². The Bertz CT molecular complexity index is 924. The summed E-state index contributed by atoms with van der Waals surface area (Å²) in [6.07, 6.45) is -1.54. The first-order chi connectivity index (χ1) is 12.6. The number of rotatable bonds is 4. The van der Waals surface area contributed by atoms with Gasteiger partial charge in [-0.2, -0.15) is 18.4 Å². The van der Waals surface area contributed by atoms with E-state index >= 15 is 0 Å². The number of nitrogens with zero attached hydrogens (tertiary/aromatic N) is 3. The number of aromatic nitrogens is 2. The van der Waals surface area contributed by atoms with E-state index in [0.29, 0.717) is 22.9 Å². The predicted octanol–water partition coefficient (Wildman–Crippen LogP) is 5.22. The minimum Gasteiger partial charge on any atom is -0.368 e. The van der Waals surface area contributed by atoms with E-state index in [1.165, 1.54) is 0 Å². The van der Waals surface area contributed by atoms with Crippen molar-refractivity contribution in [3.63, 3.8) is 0 Å². The zero-order valence-corrected chi connectivity index (χ0v) is 15.6. The molecule has 7 heteroatoms. The molecular weight excluding hydrogens is 353 g/mol. The van der Waals surface area contributed by atoms with Crippen molar-refractivity contribution in [3.8, 4) is 6.07 Å². The Labute approximate surface area is 156 Å². The fourth-order valence-corrected chi connectivity index (χ4v) is 3.15. The summed E-state index contributed by atoms with van der Waals surface area (Å²) >= 11 is 0. The zero-order chi connectivity index (χ0) is 20.4. The fraction of sp³-hybridized carbons (Fsp3) is 0.350. The molecule has 1 aromatic heterocycles. The van der Waals surface area contributed by atoms with Crippen molar-refractivity contribution in [1.82, 2.24) is 9.97 Å². The first-order valence-electron chi connectivity index (χ1n) is 8.56. The van der Waals surface area contributed by atoms with Crippen LogP contribution in [0.4, 0.5) is 19.1 Å². The van der Waals surface area contributed by atoms with E-state index in [-0.39, 0.29) is 17.6 Å². The molecule has 0 saturated heterocycles. The maximum atomic E-state index is 13.5. The third-order valence-corrected chi connectivity index (χ3v) is 4.69. The molecule has 1 aromatic carbocycles. The third-order valence-electron chi connectivity index (χ3n) is 4.69. The molecule has 2 N–H and O–H groups in total. The highest BCUT2D eigenvalue weighted by Gasteiger charge is 2.36. The van der Waals surface area contributed by atoms with Gasteiger partial charge < -0.3 is 5.73 Å². The van der Waals surface area contributed by atoms with Crippen LogP contribution in [-0.2, 0) is 6.18 Å². The van der Waals surface area contributed by atoms with Crippen LogP contribution in [0.1, 0.15) is 66.6 Å². The van der Waals surface area contributed by atoms with Crippen LogP contribution < -0.4 is 5.73 Å². The van der Waals surface area contributed by atoms with Crippen molar-refractivity contribution < 1.29 is 13.2 Å². The van der Waals surface area contributed by atoms with E-state index in [0.717, 1.165) is 17.5 Å². The Balaban J connectivity index is 2.84. The molecular formula is C20H21F3N4. The number of benzene rings is 1. The second-order valence-corrected chi connectivity index (χ2v) is 6.31. The van der Waals surface area contributed by atoms with E-state index in [9.17, 15) is 18.4 Å². The van der Waals surface area contributed by atoms with E-state index < -0.39 is 11.7 Å². The van der Waals surface area contributed by atoms with Gasteiger partial charge in [0, 0.05) is 11.8 Å². The first kappa shape index (κ1) is 20.4. The summed E-state index contributed by atoms with van der Waals surface area (Å²) in [4.78, 5) is 7.41. The van der Waals surface area contributed by atoms with Crippen molar-refractivity contribution in [2.45, 2.75) is 46.2 Å². The van der Waals surface area contributed by atoms with Crippen molar-refractivity contribution in [2.24, 2.45) is 0 Å². The number of nitrogens with two attached hydrogens (primary N) is 1. The van der Waals surface area contributed by atoms with Gasteiger partial charge in [-0.1, -0.05) is 26.0 Å². The molecule has 0 fully saturated rings. The number of nitriles is 1. The summed E-state index contributed by atoms with van der Waals surface area (Å²) in [6, 6.07) is 5.44. The van der Waals surface area contributed by atoms with Crippen molar-refractivity contribution in [3.05, 3.63) is 57.9 Å². The standard InChI is InChI=1S/C20H21F3N4/c1-5-11(3)17-12(4)13(9-24)7-8-15(17)14(6-2)18-16(20(21,22)23)10-26-19(25)27-18/h6-8,10-11H,5H2,1-4H3,(H2,25,26,27)/b14-6+.